The van der Waals surface area contributed by atoms with Crippen LogP contribution in [0.4, 0.5) is 10.5 Å². The van der Waals surface area contributed by atoms with Crippen LogP contribution in [-0.4, -0.2) is 268 Å². The van der Waals surface area contributed by atoms with Gasteiger partial charge in [0.15, 0.2) is 0 Å². The van der Waals surface area contributed by atoms with Crippen LogP contribution in [0.15, 0.2) is 48.5 Å². The molecule has 5 heterocycles. The minimum absolute atomic E-state index is 0.0221. The number of ether oxygens (including phenoxy) is 6. The van der Waals surface area contributed by atoms with Gasteiger partial charge in [-0.3, -0.25) is 29.9 Å². The van der Waals surface area contributed by atoms with Crippen LogP contribution in [0.25, 0.3) is 0 Å². The highest BCUT2D eigenvalue weighted by Crippen LogP contribution is 2.22. The predicted octanol–water partition coefficient (Wildman–Crippen LogP) is 1.41. The number of methoxy groups -OCH3 is 1. The van der Waals surface area contributed by atoms with Gasteiger partial charge < -0.3 is 69.3 Å². The lowest BCUT2D eigenvalue weighted by Gasteiger charge is -2.35. The third-order valence-corrected chi connectivity index (χ3v) is 17.1. The number of aryl methyl sites for hydroxylation is 1. The molecular formula is C59H100N14O10S. The molecule has 5 aliphatic heterocycles. The van der Waals surface area contributed by atoms with Crippen LogP contribution >= 0.6 is 11.8 Å². The van der Waals surface area contributed by atoms with Crippen molar-refractivity contribution in [1.82, 2.24) is 67.1 Å². The Kier molecular flexibility index (Phi) is 30.3. The first-order valence-corrected chi connectivity index (χ1v) is 31.8. The molecule has 84 heavy (non-hydrogen) atoms. The Morgan fingerprint density at radius 1 is 0.762 bits per heavy atom. The number of unbranched alkanes of at least 4 members (excludes halogenated alkanes) is 1. The third-order valence-electron chi connectivity index (χ3n) is 15.9. The lowest BCUT2D eigenvalue weighted by Crippen LogP contribution is -2.59. The van der Waals surface area contributed by atoms with Crippen LogP contribution in [0.1, 0.15) is 56.9 Å². The van der Waals surface area contributed by atoms with E-state index >= 15 is 0 Å². The number of hydrogen-bond donors (Lipinski definition) is 8. The summed E-state index contributed by atoms with van der Waals surface area (Å²) in [6, 6.07) is 14.5. The van der Waals surface area contributed by atoms with Gasteiger partial charge in [-0.1, -0.05) is 12.1 Å². The van der Waals surface area contributed by atoms with Crippen molar-refractivity contribution in [1.29, 1.82) is 0 Å². The zero-order valence-corrected chi connectivity index (χ0v) is 51.4. The highest BCUT2D eigenvalue weighted by atomic mass is 32.2. The molecule has 0 spiro atoms. The summed E-state index contributed by atoms with van der Waals surface area (Å²) in [5, 5.41) is 21.4. The summed E-state index contributed by atoms with van der Waals surface area (Å²) in [7, 11) is 7.88. The molecule has 7 rings (SSSR count). The van der Waals surface area contributed by atoms with Crippen molar-refractivity contribution in [2.45, 2.75) is 87.5 Å². The van der Waals surface area contributed by atoms with Gasteiger partial charge in [-0.25, -0.2) is 15.2 Å². The molecule has 2 aromatic carbocycles. The first kappa shape index (κ1) is 67.1. The molecule has 0 bridgehead atoms. The number of rotatable bonds is 38. The van der Waals surface area contributed by atoms with E-state index in [2.05, 4.69) is 76.7 Å². The number of hydrogen-bond acceptors (Lipinski definition) is 20. The first-order chi connectivity index (χ1) is 41.0. The fourth-order valence-corrected chi connectivity index (χ4v) is 11.9. The quantitative estimate of drug-likeness (QED) is 0.0444. The molecule has 8 N–H and O–H groups in total. The minimum atomic E-state index is -0.597. The number of urea groups is 1. The van der Waals surface area contributed by atoms with Crippen LogP contribution in [0.2, 0.25) is 0 Å². The summed E-state index contributed by atoms with van der Waals surface area (Å²) in [6.07, 6.45) is 6.89. The Morgan fingerprint density at radius 3 is 2.24 bits per heavy atom. The highest BCUT2D eigenvalue weighted by Gasteiger charge is 2.39. The Balaban J connectivity index is 0.642. The molecule has 472 valence electrons. The Hall–Kier alpha value is -4.45. The molecule has 0 aromatic heterocycles. The number of anilines is 1. The van der Waals surface area contributed by atoms with Gasteiger partial charge in [0.05, 0.1) is 45.7 Å². The summed E-state index contributed by atoms with van der Waals surface area (Å²) in [4.78, 5) is 63.7. The topological polar surface area (TPSA) is 239 Å². The summed E-state index contributed by atoms with van der Waals surface area (Å²) in [5.41, 5.74) is 8.00. The molecule has 2 aromatic rings. The Morgan fingerprint density at radius 2 is 1.49 bits per heavy atom. The number of nitrogens with zero attached hydrogens (tertiary/aromatic N) is 6. The fourth-order valence-electron chi connectivity index (χ4n) is 10.8. The lowest BCUT2D eigenvalue weighted by atomic mass is 9.97. The van der Waals surface area contributed by atoms with Crippen LogP contribution in [-0.2, 0) is 39.8 Å². The maximum absolute atomic E-state index is 14.0. The van der Waals surface area contributed by atoms with Crippen molar-refractivity contribution >= 4 is 41.2 Å². The van der Waals surface area contributed by atoms with Gasteiger partial charge in [0.1, 0.15) is 29.6 Å². The third kappa shape index (κ3) is 24.7. The van der Waals surface area contributed by atoms with Crippen molar-refractivity contribution in [3.63, 3.8) is 0 Å². The monoisotopic (exact) mass is 1200 g/mol. The zero-order chi connectivity index (χ0) is 59.1. The zero-order valence-electron chi connectivity index (χ0n) is 50.6. The van der Waals surface area contributed by atoms with Gasteiger partial charge in [0, 0.05) is 129 Å². The normalized spacial score (nSPS) is 21.2. The van der Waals surface area contributed by atoms with Crippen LogP contribution in [0.5, 0.6) is 11.5 Å². The molecule has 5 fully saturated rings. The van der Waals surface area contributed by atoms with Gasteiger partial charge in [-0.2, -0.15) is 5.53 Å². The molecule has 0 aliphatic carbocycles. The maximum atomic E-state index is 14.0. The minimum Gasteiger partial charge on any atom is -0.494 e. The number of carbonyl (C=O) groups is 4. The van der Waals surface area contributed by atoms with E-state index in [1.165, 1.54) is 0 Å². The van der Waals surface area contributed by atoms with Crippen LogP contribution in [0, 0.1) is 5.92 Å². The van der Waals surface area contributed by atoms with E-state index in [-0.39, 0.29) is 47.4 Å². The lowest BCUT2D eigenvalue weighted by molar-refractivity contribution is -0.141. The second kappa shape index (κ2) is 38.0. The maximum Gasteiger partial charge on any atom is 0.321 e. The van der Waals surface area contributed by atoms with E-state index in [0.717, 1.165) is 115 Å². The van der Waals surface area contributed by atoms with Crippen molar-refractivity contribution in [2.24, 2.45) is 5.92 Å². The fraction of sp³-hybridized carbons (Fsp3) is 0.729. The highest BCUT2D eigenvalue weighted by molar-refractivity contribution is 8.00. The van der Waals surface area contributed by atoms with Gasteiger partial charge >= 0.3 is 6.03 Å². The molecule has 5 atom stereocenters. The first-order valence-electron chi connectivity index (χ1n) is 30.7. The average Bonchev–Trinajstić information content (AvgIpc) is 4.24. The van der Waals surface area contributed by atoms with Gasteiger partial charge in [-0.05, 0) is 134 Å². The van der Waals surface area contributed by atoms with E-state index in [1.807, 2.05) is 48.3 Å². The molecule has 24 nitrogen and oxygen atoms in total. The van der Waals surface area contributed by atoms with Gasteiger partial charge in [0.25, 0.3) is 0 Å². The molecule has 5 amide bonds. The second-order valence-corrected chi connectivity index (χ2v) is 23.9. The molecule has 0 radical (unpaired) electrons. The molecule has 5 unspecified atom stereocenters. The van der Waals surface area contributed by atoms with Crippen molar-refractivity contribution in [3.05, 3.63) is 54.1 Å². The number of piperazine rings is 1. The van der Waals surface area contributed by atoms with E-state index in [4.69, 9.17) is 28.4 Å². The van der Waals surface area contributed by atoms with Gasteiger partial charge in [0.2, 0.25) is 17.7 Å². The van der Waals surface area contributed by atoms with Gasteiger partial charge in [-0.15, -0.1) is 11.8 Å². The van der Waals surface area contributed by atoms with E-state index in [1.54, 1.807) is 35.9 Å². The number of likely N-dealkylation sites (N-methyl/N-ethyl adjacent to an activating group) is 3. The van der Waals surface area contributed by atoms with E-state index in [0.29, 0.717) is 129 Å². The van der Waals surface area contributed by atoms with Crippen LogP contribution < -0.4 is 52.3 Å². The average molecular weight is 1200 g/mol. The number of thioether (sulfide) groups is 1. The standard InChI is InChI=1S/C59H100N14O10S/c1-68(23-5-6-32-82-51-13-8-46(9-14-51)10-17-54(74)73(24-7-31-78-4)56(53-43-70(3)45-62-53)57(76)61-41-47-18-21-60-22-19-47)29-34-80-37-36-79-33-20-49-42-72(67-66-49)30-35-81-38-39-83-52-15-11-48(12-16-52)63-58(77)65-59-64-50(44-84-59)40-55(75)71-27-25-69(2)26-28-71/h8-9,11-16,47,49-50,53,56,59-60,62,64,66-67H,5-7,10,17-45H2,1-4H3,(H,61,76)(H2,63,65,77). The largest absolute Gasteiger partial charge is 0.494 e. The number of carbonyl (C=O) groups excluding carboxylic acids is 4. The molecule has 0 saturated carbocycles. The number of amides is 5. The Bertz CT molecular complexity index is 2200. The number of piperidine rings is 1. The molecule has 5 aliphatic rings. The van der Waals surface area contributed by atoms with E-state index in [9.17, 15) is 19.2 Å². The van der Waals surface area contributed by atoms with Crippen molar-refractivity contribution in [2.75, 3.05) is 191 Å². The van der Waals surface area contributed by atoms with Crippen LogP contribution in [0.3, 0.4) is 0 Å². The summed E-state index contributed by atoms with van der Waals surface area (Å²) >= 11 is 1.59. The summed E-state index contributed by atoms with van der Waals surface area (Å²) in [6.45, 7) is 16.1. The number of benzene rings is 2. The van der Waals surface area contributed by atoms with Crippen molar-refractivity contribution in [3.8, 4) is 11.5 Å². The molecular weight excluding hydrogens is 1100 g/mol. The predicted molar refractivity (Wildman–Crippen MR) is 327 cm³/mol. The Labute approximate surface area is 503 Å². The van der Waals surface area contributed by atoms with Crippen molar-refractivity contribution < 1.29 is 47.6 Å². The summed E-state index contributed by atoms with van der Waals surface area (Å²) < 4.78 is 34.8. The molecule has 5 saturated heterocycles. The van der Waals surface area contributed by atoms with E-state index < -0.39 is 6.04 Å². The number of nitrogens with one attached hydrogen (secondary N) is 8. The number of hydrazine groups is 2. The summed E-state index contributed by atoms with van der Waals surface area (Å²) in [5.74, 6) is 2.78. The smallest absolute Gasteiger partial charge is 0.321 e. The molecule has 25 heteroatoms. The second-order valence-electron chi connectivity index (χ2n) is 22.8. The SMILES string of the molecule is COCCCN(C(=O)CCc1ccc(OCCCCN(C)CCOCCOCCC2CN(CCOCCOc3ccc(NC(=O)NC4NC(CC(=O)N5CCN(C)CC5)CS4)cc3)NN2)cc1)C(C(=O)NCC1CCNCC1)C1CN(C)CN1.